The Morgan fingerprint density at radius 3 is 1.82 bits per heavy atom. The summed E-state index contributed by atoms with van der Waals surface area (Å²) in [5.74, 6) is 1.82. The average molecular weight is 988 g/mol. The summed E-state index contributed by atoms with van der Waals surface area (Å²) in [5.41, 5.74) is 20.5. The van der Waals surface area contributed by atoms with Gasteiger partial charge in [0.05, 0.1) is 5.41 Å². The van der Waals surface area contributed by atoms with Crippen LogP contribution in [0.1, 0.15) is 59.2 Å². The largest absolute Gasteiger partial charge is 0.456 e. The van der Waals surface area contributed by atoms with Gasteiger partial charge < -0.3 is 14.1 Å². The predicted molar refractivity (Wildman–Crippen MR) is 320 cm³/mol. The molecule has 2 heterocycles. The molecule has 0 radical (unpaired) electrons. The number of furan rings is 1. The fraction of sp³-hybridized carbons (Fsp3) is 0.0811. The number of hydrogen-bond acceptors (Lipinski definition) is 3. The topological polar surface area (TPSA) is 25.6 Å². The van der Waals surface area contributed by atoms with E-state index < -0.39 is 5.41 Å². The van der Waals surface area contributed by atoms with E-state index in [0.717, 1.165) is 107 Å². The second-order valence-corrected chi connectivity index (χ2v) is 21.5. The Morgan fingerprint density at radius 2 is 1.06 bits per heavy atom. The number of allylic oxidation sites excluding steroid dienone is 5. The van der Waals surface area contributed by atoms with Crippen molar-refractivity contribution in [1.29, 1.82) is 0 Å². The van der Waals surface area contributed by atoms with E-state index in [0.29, 0.717) is 0 Å². The second kappa shape index (κ2) is 17.3. The van der Waals surface area contributed by atoms with E-state index in [1.54, 1.807) is 0 Å². The third-order valence-corrected chi connectivity index (χ3v) is 17.0. The Bertz CT molecular complexity index is 4400. The van der Waals surface area contributed by atoms with E-state index in [2.05, 4.69) is 262 Å². The lowest BCUT2D eigenvalue weighted by Crippen LogP contribution is -2.33. The van der Waals surface area contributed by atoms with Crippen LogP contribution in [0.5, 0.6) is 11.5 Å². The van der Waals surface area contributed by atoms with Crippen molar-refractivity contribution in [2.45, 2.75) is 37.5 Å². The number of anilines is 3. The fourth-order valence-corrected chi connectivity index (χ4v) is 13.4. The first-order valence-electron chi connectivity index (χ1n) is 26.9. The van der Waals surface area contributed by atoms with Crippen LogP contribution in [-0.2, 0) is 17.3 Å². The van der Waals surface area contributed by atoms with Crippen LogP contribution in [0.25, 0.3) is 71.3 Å². The molecule has 0 N–H and O–H groups in total. The summed E-state index contributed by atoms with van der Waals surface area (Å²) in [6.45, 7) is 9.30. The number of rotatable bonds is 9. The molecule has 1 aliphatic heterocycles. The van der Waals surface area contributed by atoms with Crippen LogP contribution in [0.15, 0.2) is 265 Å². The van der Waals surface area contributed by atoms with Gasteiger partial charge in [-0.05, 0) is 139 Å². The summed E-state index contributed by atoms with van der Waals surface area (Å²) < 4.78 is 13.4. The standard InChI is InChI=1S/C74H53NO2/c1-4-63-57(59-27-12-15-30-65(59)74(63)66-41-34-49-20-6-9-23-55(49)71(66)77-72-56-24-10-7-21-50(56)35-42-67(72)74)25-8-5-18-47-19-17-22-53(44-47)75(54-39-40-60-58-26-11-14-29-64(58)73(2,3)68(60)46-54)52-37-32-48(33-38-52)51-36-43-70-62(45-51)61-28-13-16-31-69(61)76-70/h4,6-17,19-46H,1,5,18H2,2-3H3/b25-8-. The van der Waals surface area contributed by atoms with Gasteiger partial charge in [0.25, 0.3) is 0 Å². The van der Waals surface area contributed by atoms with E-state index in [1.807, 2.05) is 12.1 Å². The molecule has 1 aromatic heterocycles. The Hall–Kier alpha value is -9.44. The Kier molecular flexibility index (Phi) is 10.1. The molecule has 0 amide bonds. The van der Waals surface area contributed by atoms with Gasteiger partial charge in [-0.3, -0.25) is 0 Å². The summed E-state index contributed by atoms with van der Waals surface area (Å²) in [7, 11) is 0. The maximum Gasteiger partial charge on any atom is 0.140 e. The van der Waals surface area contributed by atoms with Gasteiger partial charge in [-0.15, -0.1) is 0 Å². The number of nitrogens with zero attached hydrogens (tertiary/aromatic N) is 1. The molecular weight excluding hydrogens is 935 g/mol. The van der Waals surface area contributed by atoms with Crippen molar-refractivity contribution >= 4 is 66.1 Å². The van der Waals surface area contributed by atoms with Gasteiger partial charge in [0.2, 0.25) is 0 Å². The first-order chi connectivity index (χ1) is 37.9. The molecule has 366 valence electrons. The first-order valence-corrected chi connectivity index (χ1v) is 26.9. The molecule has 0 saturated carbocycles. The van der Waals surface area contributed by atoms with Gasteiger partial charge in [0.15, 0.2) is 0 Å². The molecule has 2 aliphatic carbocycles. The highest BCUT2D eigenvalue weighted by molar-refractivity contribution is 6.06. The monoisotopic (exact) mass is 987 g/mol. The van der Waals surface area contributed by atoms with Crippen molar-refractivity contribution in [1.82, 2.24) is 0 Å². The van der Waals surface area contributed by atoms with Gasteiger partial charge in [-0.1, -0.05) is 215 Å². The third kappa shape index (κ3) is 6.76. The van der Waals surface area contributed by atoms with Crippen molar-refractivity contribution in [2.75, 3.05) is 4.90 Å². The molecule has 0 unspecified atom stereocenters. The number of para-hydroxylation sites is 1. The minimum absolute atomic E-state index is 0.137. The molecule has 0 fully saturated rings. The summed E-state index contributed by atoms with van der Waals surface area (Å²) in [4.78, 5) is 2.43. The fourth-order valence-electron chi connectivity index (χ4n) is 13.4. The summed E-state index contributed by atoms with van der Waals surface area (Å²) in [5, 5.41) is 6.78. The number of aryl methyl sites for hydroxylation is 1. The molecule has 0 bridgehead atoms. The molecule has 12 aromatic rings. The Morgan fingerprint density at radius 1 is 0.455 bits per heavy atom. The number of fused-ring (bicyclic) bond motifs is 16. The van der Waals surface area contributed by atoms with Gasteiger partial charge in [-0.2, -0.15) is 0 Å². The zero-order chi connectivity index (χ0) is 51.4. The Labute approximate surface area is 449 Å². The normalized spacial score (nSPS) is 14.5. The zero-order valence-corrected chi connectivity index (χ0v) is 43.1. The lowest BCUT2D eigenvalue weighted by molar-refractivity contribution is 0.446. The lowest BCUT2D eigenvalue weighted by Gasteiger charge is -2.41. The molecule has 11 aromatic carbocycles. The maximum atomic E-state index is 7.17. The number of ether oxygens (including phenoxy) is 1. The highest BCUT2D eigenvalue weighted by Gasteiger charge is 2.52. The molecule has 1 spiro atoms. The molecule has 0 saturated heterocycles. The minimum Gasteiger partial charge on any atom is -0.456 e. The molecule has 15 rings (SSSR count). The van der Waals surface area contributed by atoms with Crippen molar-refractivity contribution < 1.29 is 9.15 Å². The highest BCUT2D eigenvalue weighted by atomic mass is 16.5. The zero-order valence-electron chi connectivity index (χ0n) is 43.1. The van der Waals surface area contributed by atoms with E-state index in [-0.39, 0.29) is 5.41 Å². The molecule has 3 heteroatoms. The molecule has 0 atom stereocenters. The SMILES string of the molecule is C=CC1=C(/C=C\CCc2cccc(N(c3ccc(-c4ccc5oc6ccccc6c5c4)cc3)c3ccc4c(c3)C(C)(C)c3ccccc3-4)c2)c2ccccc2C12c1ccc3ccccc3c1Oc1c2ccc2ccccc12. The van der Waals surface area contributed by atoms with Crippen LogP contribution in [0.3, 0.4) is 0 Å². The molecule has 3 nitrogen and oxygen atoms in total. The van der Waals surface area contributed by atoms with Crippen LogP contribution in [0, 0.1) is 0 Å². The lowest BCUT2D eigenvalue weighted by atomic mass is 9.64. The van der Waals surface area contributed by atoms with Crippen LogP contribution >= 0.6 is 0 Å². The third-order valence-electron chi connectivity index (χ3n) is 17.0. The van der Waals surface area contributed by atoms with Crippen LogP contribution in [0.4, 0.5) is 17.1 Å². The Balaban J connectivity index is 0.796. The van der Waals surface area contributed by atoms with Crippen LogP contribution < -0.4 is 9.64 Å². The molecule has 77 heavy (non-hydrogen) atoms. The second-order valence-electron chi connectivity index (χ2n) is 21.5. The molecular formula is C74H53NO2. The highest BCUT2D eigenvalue weighted by Crippen LogP contribution is 2.63. The van der Waals surface area contributed by atoms with Gasteiger partial charge in [0.1, 0.15) is 22.7 Å². The van der Waals surface area contributed by atoms with Gasteiger partial charge in [-0.25, -0.2) is 0 Å². The first kappa shape index (κ1) is 45.0. The number of benzene rings is 11. The molecule has 3 aliphatic rings. The van der Waals surface area contributed by atoms with Crippen LogP contribution in [0.2, 0.25) is 0 Å². The maximum absolute atomic E-state index is 7.17. The van der Waals surface area contributed by atoms with E-state index in [1.165, 1.54) is 50.1 Å². The smallest absolute Gasteiger partial charge is 0.140 e. The van der Waals surface area contributed by atoms with Crippen molar-refractivity contribution in [3.05, 3.63) is 300 Å². The predicted octanol–water partition coefficient (Wildman–Crippen LogP) is 19.9. The summed E-state index contributed by atoms with van der Waals surface area (Å²) >= 11 is 0. The quantitative estimate of drug-likeness (QED) is 0.144. The van der Waals surface area contributed by atoms with E-state index in [9.17, 15) is 0 Å². The minimum atomic E-state index is -0.636. The summed E-state index contributed by atoms with van der Waals surface area (Å²) in [6, 6.07) is 84.1. The van der Waals surface area contributed by atoms with E-state index in [4.69, 9.17) is 9.15 Å². The summed E-state index contributed by atoms with van der Waals surface area (Å²) in [6.07, 6.45) is 8.55. The van der Waals surface area contributed by atoms with E-state index >= 15 is 0 Å². The van der Waals surface area contributed by atoms with Gasteiger partial charge in [0, 0.05) is 55.1 Å². The van der Waals surface area contributed by atoms with Crippen molar-refractivity contribution in [3.63, 3.8) is 0 Å². The van der Waals surface area contributed by atoms with Crippen LogP contribution in [-0.4, -0.2) is 0 Å². The van der Waals surface area contributed by atoms with Gasteiger partial charge >= 0.3 is 0 Å². The average Bonchev–Trinajstić information content (AvgIpc) is 4.20. The van der Waals surface area contributed by atoms with Crippen molar-refractivity contribution in [3.8, 4) is 33.8 Å². The number of hydrogen-bond donors (Lipinski definition) is 0. The van der Waals surface area contributed by atoms with Crippen molar-refractivity contribution in [2.24, 2.45) is 0 Å².